The van der Waals surface area contributed by atoms with Crippen LogP contribution in [0.15, 0.2) is 60.7 Å². The number of rotatable bonds is 17. The fourth-order valence-corrected chi connectivity index (χ4v) is 4.57. The van der Waals surface area contributed by atoms with Crippen LogP contribution in [0.2, 0.25) is 0 Å². The van der Waals surface area contributed by atoms with Gasteiger partial charge >= 0.3 is 5.97 Å². The Morgan fingerprint density at radius 1 is 1.00 bits per heavy atom. The van der Waals surface area contributed by atoms with Gasteiger partial charge in [-0.15, -0.1) is 11.6 Å². The number of benzene rings is 2. The quantitative estimate of drug-likeness (QED) is 0.135. The number of carbonyl (C=O) groups is 1. The fraction of sp³-hybridized carbons (Fsp3) is 0.552. The molecule has 5 heteroatoms. The molecular weight excluding hydrogens is 446 g/mol. The molecule has 0 fully saturated rings. The maximum Gasteiger partial charge on any atom is 0.307 e. The number of halogens is 1. The number of alkyl halides is 1. The number of hydrogen-bond donors (Lipinski definition) is 0. The summed E-state index contributed by atoms with van der Waals surface area (Å²) in [7, 11) is 1.47. The van der Waals surface area contributed by atoms with Gasteiger partial charge < -0.3 is 9.47 Å². The Bertz CT molecular complexity index is 786. The van der Waals surface area contributed by atoms with Gasteiger partial charge in [0.2, 0.25) is 0 Å². The second-order valence-electron chi connectivity index (χ2n) is 8.95. The highest BCUT2D eigenvalue weighted by Crippen LogP contribution is 2.28. The van der Waals surface area contributed by atoms with E-state index in [4.69, 9.17) is 21.1 Å². The zero-order valence-corrected chi connectivity index (χ0v) is 21.9. The van der Waals surface area contributed by atoms with Gasteiger partial charge in [0.05, 0.1) is 26.2 Å². The maximum absolute atomic E-state index is 12.5. The first-order valence-corrected chi connectivity index (χ1v) is 13.2. The molecule has 0 aromatic heterocycles. The van der Waals surface area contributed by atoms with E-state index in [1.807, 2.05) is 24.3 Å². The number of carbonyl (C=O) groups excluding carboxylic acids is 1. The van der Waals surface area contributed by atoms with Crippen molar-refractivity contribution >= 4 is 17.6 Å². The van der Waals surface area contributed by atoms with Gasteiger partial charge in [-0.3, -0.25) is 9.69 Å². The van der Waals surface area contributed by atoms with Gasteiger partial charge in [0.1, 0.15) is 0 Å². The molecule has 0 aliphatic rings. The Morgan fingerprint density at radius 2 is 1.68 bits per heavy atom. The van der Waals surface area contributed by atoms with E-state index in [0.29, 0.717) is 18.9 Å². The van der Waals surface area contributed by atoms with E-state index in [2.05, 4.69) is 55.1 Å². The van der Waals surface area contributed by atoms with Crippen LogP contribution < -0.4 is 0 Å². The van der Waals surface area contributed by atoms with Crippen molar-refractivity contribution in [1.82, 2.24) is 4.90 Å². The summed E-state index contributed by atoms with van der Waals surface area (Å²) in [5, 5.41) is 0. The molecule has 0 heterocycles. The van der Waals surface area contributed by atoms with Crippen molar-refractivity contribution in [2.75, 3.05) is 19.5 Å². The minimum atomic E-state index is -0.184. The number of nitrogens with zero attached hydrogens (tertiary/aromatic N) is 1. The van der Waals surface area contributed by atoms with E-state index < -0.39 is 0 Å². The highest BCUT2D eigenvalue weighted by molar-refractivity contribution is 6.17. The monoisotopic (exact) mass is 487 g/mol. The number of unbranched alkanes of at least 4 members (excludes halogenated alkanes) is 2. The third-order valence-corrected chi connectivity index (χ3v) is 6.69. The Morgan fingerprint density at radius 3 is 2.29 bits per heavy atom. The number of methoxy groups -OCH3 is 1. The van der Waals surface area contributed by atoms with Gasteiger partial charge in [0.15, 0.2) is 0 Å². The first kappa shape index (κ1) is 28.4. The summed E-state index contributed by atoms with van der Waals surface area (Å²) >= 11 is 6.10. The molecule has 0 unspecified atom stereocenters. The van der Waals surface area contributed by atoms with Gasteiger partial charge in [0.25, 0.3) is 0 Å². The topological polar surface area (TPSA) is 38.8 Å². The van der Waals surface area contributed by atoms with E-state index >= 15 is 0 Å². The Labute approximate surface area is 211 Å². The second kappa shape index (κ2) is 16.7. The molecule has 188 valence electrons. The van der Waals surface area contributed by atoms with Crippen LogP contribution >= 0.6 is 11.6 Å². The largest absolute Gasteiger partial charge is 0.469 e. The van der Waals surface area contributed by atoms with Crippen LogP contribution in [-0.4, -0.2) is 42.5 Å². The maximum atomic E-state index is 12.5. The van der Waals surface area contributed by atoms with Crippen LogP contribution in [0.5, 0.6) is 0 Å². The van der Waals surface area contributed by atoms with Crippen LogP contribution in [0, 0.1) is 0 Å². The minimum absolute atomic E-state index is 0.00766. The zero-order valence-electron chi connectivity index (χ0n) is 21.1. The van der Waals surface area contributed by atoms with E-state index in [1.165, 1.54) is 31.1 Å². The number of esters is 1. The summed E-state index contributed by atoms with van der Waals surface area (Å²) in [5.41, 5.74) is 2.41. The first-order chi connectivity index (χ1) is 16.6. The molecule has 0 saturated heterocycles. The molecule has 0 radical (unpaired) electrons. The van der Waals surface area contributed by atoms with Crippen molar-refractivity contribution in [3.63, 3.8) is 0 Å². The van der Waals surface area contributed by atoms with Crippen molar-refractivity contribution in [3.05, 3.63) is 71.8 Å². The van der Waals surface area contributed by atoms with Gasteiger partial charge in [-0.05, 0) is 37.3 Å². The molecule has 0 aliphatic carbocycles. The van der Waals surface area contributed by atoms with Gasteiger partial charge in [-0.25, -0.2) is 0 Å². The number of ether oxygens (including phenoxy) is 2. The lowest BCUT2D eigenvalue weighted by Gasteiger charge is -2.38. The molecule has 34 heavy (non-hydrogen) atoms. The number of hydrogen-bond acceptors (Lipinski definition) is 4. The molecule has 0 amide bonds. The molecule has 0 N–H and O–H groups in total. The van der Waals surface area contributed by atoms with Crippen LogP contribution in [0.4, 0.5) is 0 Å². The lowest BCUT2D eigenvalue weighted by molar-refractivity contribution is -0.142. The SMILES string of the molecule is CCCCC[C@H](C[C@H](CC(=O)OC)N(CCCCl)[C@H](C)c1ccccc1)OCc1ccccc1. The van der Waals surface area contributed by atoms with Crippen LogP contribution in [0.3, 0.4) is 0 Å². The zero-order chi connectivity index (χ0) is 24.6. The van der Waals surface area contributed by atoms with E-state index in [1.54, 1.807) is 0 Å². The average molecular weight is 488 g/mol. The highest BCUT2D eigenvalue weighted by Gasteiger charge is 2.29. The second-order valence-corrected chi connectivity index (χ2v) is 9.33. The van der Waals surface area contributed by atoms with Crippen LogP contribution in [0.1, 0.15) is 76.0 Å². The minimum Gasteiger partial charge on any atom is -0.469 e. The van der Waals surface area contributed by atoms with E-state index in [9.17, 15) is 4.79 Å². The third-order valence-electron chi connectivity index (χ3n) is 6.42. The van der Waals surface area contributed by atoms with Crippen LogP contribution in [-0.2, 0) is 20.9 Å². The summed E-state index contributed by atoms with van der Waals surface area (Å²) in [6, 6.07) is 20.9. The Hall–Kier alpha value is -1.88. The van der Waals surface area contributed by atoms with Crippen molar-refractivity contribution in [1.29, 1.82) is 0 Å². The fourth-order valence-electron chi connectivity index (χ4n) is 4.45. The molecular formula is C29H42ClNO3. The van der Waals surface area contributed by atoms with Gasteiger partial charge in [-0.1, -0.05) is 86.8 Å². The molecule has 0 spiro atoms. The molecule has 0 bridgehead atoms. The molecule has 2 aromatic rings. The molecule has 2 aromatic carbocycles. The van der Waals surface area contributed by atoms with E-state index in [-0.39, 0.29) is 24.2 Å². The first-order valence-electron chi connectivity index (χ1n) is 12.7. The summed E-state index contributed by atoms with van der Waals surface area (Å²) in [6.45, 7) is 5.83. The highest BCUT2D eigenvalue weighted by atomic mass is 35.5. The van der Waals surface area contributed by atoms with Crippen molar-refractivity contribution < 1.29 is 14.3 Å². The summed E-state index contributed by atoms with van der Waals surface area (Å²) < 4.78 is 11.6. The van der Waals surface area contributed by atoms with Gasteiger partial charge in [0, 0.05) is 24.5 Å². The Balaban J connectivity index is 2.24. The van der Waals surface area contributed by atoms with E-state index in [0.717, 1.165) is 32.2 Å². The molecule has 0 saturated carbocycles. The van der Waals surface area contributed by atoms with Crippen molar-refractivity contribution in [3.8, 4) is 0 Å². The van der Waals surface area contributed by atoms with Crippen LogP contribution in [0.25, 0.3) is 0 Å². The lowest BCUT2D eigenvalue weighted by atomic mass is 9.96. The third kappa shape index (κ3) is 10.2. The smallest absolute Gasteiger partial charge is 0.307 e. The Kier molecular flexibility index (Phi) is 13.9. The lowest BCUT2D eigenvalue weighted by Crippen LogP contribution is -2.42. The summed E-state index contributed by atoms with van der Waals surface area (Å²) in [5.74, 6) is 0.407. The predicted octanol–water partition coefficient (Wildman–Crippen LogP) is 7.17. The van der Waals surface area contributed by atoms with Crippen molar-refractivity contribution in [2.45, 2.75) is 83.6 Å². The van der Waals surface area contributed by atoms with Gasteiger partial charge in [-0.2, -0.15) is 0 Å². The predicted molar refractivity (Wildman–Crippen MR) is 141 cm³/mol. The molecule has 0 aliphatic heterocycles. The summed E-state index contributed by atoms with van der Waals surface area (Å²) in [6.07, 6.45) is 6.52. The standard InChI is InChI=1S/C29H42ClNO3/c1-4-5-8-18-28(34-23-25-14-9-6-10-15-25)21-27(22-29(32)33-3)31(20-13-19-30)24(2)26-16-11-7-12-17-26/h6-7,9-12,14-17,24,27-28H,4-5,8,13,18-23H2,1-3H3/t24-,27-,28-/m1/s1. The average Bonchev–Trinajstić information content (AvgIpc) is 2.88. The molecule has 2 rings (SSSR count). The summed E-state index contributed by atoms with van der Waals surface area (Å²) in [4.78, 5) is 14.9. The van der Waals surface area contributed by atoms with Crippen molar-refractivity contribution in [2.24, 2.45) is 0 Å². The normalized spacial score (nSPS) is 14.0. The molecule has 4 nitrogen and oxygen atoms in total. The molecule has 3 atom stereocenters.